The summed E-state index contributed by atoms with van der Waals surface area (Å²) in [6, 6.07) is 12.4. The molecule has 0 radical (unpaired) electrons. The second-order valence-electron chi connectivity index (χ2n) is 8.25. The lowest BCUT2D eigenvalue weighted by atomic mass is 10.1. The molecule has 0 saturated heterocycles. The van der Waals surface area contributed by atoms with Crippen LogP contribution < -0.4 is 15.6 Å². The molecule has 1 aromatic heterocycles. The molecule has 1 atom stereocenters. The van der Waals surface area contributed by atoms with E-state index < -0.39 is 12.2 Å². The van der Waals surface area contributed by atoms with Crippen LogP contribution >= 0.6 is 0 Å². The first-order valence-corrected chi connectivity index (χ1v) is 10.2. The second kappa shape index (κ2) is 8.49. The minimum atomic E-state index is -1.37. The van der Waals surface area contributed by atoms with Gasteiger partial charge in [-0.15, -0.1) is 0 Å². The van der Waals surface area contributed by atoms with Crippen molar-refractivity contribution in [2.75, 3.05) is 13.2 Å². The van der Waals surface area contributed by atoms with Crippen LogP contribution in [0.5, 0.6) is 5.75 Å². The lowest BCUT2D eigenvalue weighted by Gasteiger charge is -2.20. The fourth-order valence-electron chi connectivity index (χ4n) is 3.13. The van der Waals surface area contributed by atoms with E-state index in [0.29, 0.717) is 22.2 Å². The lowest BCUT2D eigenvalue weighted by molar-refractivity contribution is -0.0324. The average molecular weight is 423 g/mol. The quantitative estimate of drug-likeness (QED) is 0.506. The molecule has 1 saturated carbocycles. The van der Waals surface area contributed by atoms with Gasteiger partial charge in [0, 0.05) is 11.6 Å². The molecule has 8 nitrogen and oxygen atoms in total. The molecule has 1 fully saturated rings. The van der Waals surface area contributed by atoms with Crippen LogP contribution in [0.25, 0.3) is 10.9 Å². The Kier molecular flexibility index (Phi) is 5.75. The molecule has 0 bridgehead atoms. The Bertz CT molecular complexity index is 1170. The van der Waals surface area contributed by atoms with Crippen LogP contribution in [-0.2, 0) is 6.54 Å². The number of fused-ring (bicyclic) bond motifs is 1. The molecule has 0 aliphatic heterocycles. The fourth-order valence-corrected chi connectivity index (χ4v) is 3.13. The van der Waals surface area contributed by atoms with Crippen molar-refractivity contribution in [3.63, 3.8) is 0 Å². The third-order valence-corrected chi connectivity index (χ3v) is 5.14. The number of amides is 1. The van der Waals surface area contributed by atoms with Crippen molar-refractivity contribution in [3.8, 4) is 5.75 Å². The number of hydrogen-bond acceptors (Lipinski definition) is 6. The van der Waals surface area contributed by atoms with Gasteiger partial charge in [0.2, 0.25) is 0 Å². The van der Waals surface area contributed by atoms with Crippen LogP contribution in [0.3, 0.4) is 0 Å². The summed E-state index contributed by atoms with van der Waals surface area (Å²) < 4.78 is 7.01. The summed E-state index contributed by atoms with van der Waals surface area (Å²) in [5, 5.41) is 22.4. The predicted molar refractivity (Wildman–Crippen MR) is 115 cm³/mol. The highest BCUT2D eigenvalue weighted by Crippen LogP contribution is 2.20. The van der Waals surface area contributed by atoms with Gasteiger partial charge in [0.1, 0.15) is 18.0 Å². The maximum Gasteiger partial charge on any atom is 0.261 e. The van der Waals surface area contributed by atoms with Gasteiger partial charge in [0.15, 0.2) is 0 Å². The molecule has 31 heavy (non-hydrogen) atoms. The fraction of sp³-hybridized carbons (Fsp3) is 0.348. The minimum Gasteiger partial charge on any atom is -0.490 e. The summed E-state index contributed by atoms with van der Waals surface area (Å²) in [6.45, 7) is 1.18. The Hall–Kier alpha value is -3.23. The topological polar surface area (TPSA) is 114 Å². The van der Waals surface area contributed by atoms with Crippen molar-refractivity contribution in [1.29, 1.82) is 0 Å². The number of aromatic nitrogens is 2. The van der Waals surface area contributed by atoms with Crippen molar-refractivity contribution in [3.05, 3.63) is 70.3 Å². The van der Waals surface area contributed by atoms with Crippen molar-refractivity contribution in [2.45, 2.75) is 38.0 Å². The highest BCUT2D eigenvalue weighted by molar-refractivity contribution is 5.94. The second-order valence-corrected chi connectivity index (χ2v) is 8.25. The summed E-state index contributed by atoms with van der Waals surface area (Å²) >= 11 is 0. The van der Waals surface area contributed by atoms with Crippen molar-refractivity contribution in [2.24, 2.45) is 0 Å². The lowest BCUT2D eigenvalue weighted by Crippen LogP contribution is -2.36. The third kappa shape index (κ3) is 5.10. The van der Waals surface area contributed by atoms with Gasteiger partial charge in [-0.05, 0) is 55.7 Å². The van der Waals surface area contributed by atoms with E-state index in [0.717, 1.165) is 18.4 Å². The van der Waals surface area contributed by atoms with E-state index in [-0.39, 0.29) is 30.7 Å². The number of benzene rings is 2. The van der Waals surface area contributed by atoms with Gasteiger partial charge in [-0.3, -0.25) is 14.2 Å². The average Bonchev–Trinajstić information content (AvgIpc) is 3.59. The van der Waals surface area contributed by atoms with Crippen LogP contribution in [-0.4, -0.2) is 50.5 Å². The first-order valence-electron chi connectivity index (χ1n) is 10.2. The third-order valence-electron chi connectivity index (χ3n) is 5.14. The Morgan fingerprint density at radius 1 is 1.29 bits per heavy atom. The van der Waals surface area contributed by atoms with Gasteiger partial charge in [-0.25, -0.2) is 4.98 Å². The van der Waals surface area contributed by atoms with Gasteiger partial charge in [-0.2, -0.15) is 0 Å². The molecule has 0 spiro atoms. The van der Waals surface area contributed by atoms with E-state index in [1.54, 1.807) is 36.4 Å². The molecule has 1 unspecified atom stereocenters. The van der Waals surface area contributed by atoms with Crippen molar-refractivity contribution >= 4 is 16.8 Å². The van der Waals surface area contributed by atoms with Gasteiger partial charge in [0.05, 0.1) is 30.4 Å². The van der Waals surface area contributed by atoms with Gasteiger partial charge < -0.3 is 20.3 Å². The Morgan fingerprint density at radius 2 is 2.10 bits per heavy atom. The monoisotopic (exact) mass is 423 g/mol. The first-order chi connectivity index (χ1) is 14.8. The van der Waals surface area contributed by atoms with Crippen LogP contribution in [0.1, 0.15) is 35.7 Å². The SMILES string of the molecule is CC(O)(CO)COc1ccc2ncn(Cc3cccc(C(=O)NC4CC4)c3)c(=O)c2c1. The zero-order valence-electron chi connectivity index (χ0n) is 17.2. The molecule has 4 rings (SSSR count). The summed E-state index contributed by atoms with van der Waals surface area (Å²) in [7, 11) is 0. The van der Waals surface area contributed by atoms with Crippen LogP contribution in [0.4, 0.5) is 0 Å². The van der Waals surface area contributed by atoms with Crippen molar-refractivity contribution in [1.82, 2.24) is 14.9 Å². The number of ether oxygens (including phenoxy) is 1. The zero-order chi connectivity index (χ0) is 22.0. The van der Waals surface area contributed by atoms with Gasteiger partial charge in [0.25, 0.3) is 11.5 Å². The van der Waals surface area contributed by atoms with E-state index in [4.69, 9.17) is 9.84 Å². The number of aliphatic hydroxyl groups excluding tert-OH is 1. The van der Waals surface area contributed by atoms with Crippen LogP contribution in [0.15, 0.2) is 53.6 Å². The molecule has 1 heterocycles. The standard InChI is InChI=1S/C23H25N3O5/c1-23(30,12-27)13-31-18-7-8-20-19(10-18)22(29)26(14-24-20)11-15-3-2-4-16(9-15)21(28)25-17-5-6-17/h2-4,7-10,14,17,27,30H,5-6,11-13H2,1H3,(H,25,28). The maximum absolute atomic E-state index is 13.0. The normalized spacial score (nSPS) is 15.5. The minimum absolute atomic E-state index is 0.103. The maximum atomic E-state index is 13.0. The summed E-state index contributed by atoms with van der Waals surface area (Å²) in [5.74, 6) is 0.297. The molecule has 8 heteroatoms. The van der Waals surface area contributed by atoms with E-state index >= 15 is 0 Å². The zero-order valence-corrected chi connectivity index (χ0v) is 17.2. The van der Waals surface area contributed by atoms with Gasteiger partial charge >= 0.3 is 0 Å². The van der Waals surface area contributed by atoms with Crippen LogP contribution in [0, 0.1) is 0 Å². The molecule has 3 N–H and O–H groups in total. The number of rotatable bonds is 8. The van der Waals surface area contributed by atoms with Crippen molar-refractivity contribution < 1.29 is 19.7 Å². The largest absolute Gasteiger partial charge is 0.490 e. The molecule has 1 amide bonds. The summed E-state index contributed by atoms with van der Waals surface area (Å²) in [6.07, 6.45) is 3.53. The van der Waals surface area contributed by atoms with Crippen LogP contribution in [0.2, 0.25) is 0 Å². The number of carbonyl (C=O) groups excluding carboxylic acids is 1. The highest BCUT2D eigenvalue weighted by Gasteiger charge is 2.24. The molecule has 1 aliphatic rings. The molecular weight excluding hydrogens is 398 g/mol. The van der Waals surface area contributed by atoms with E-state index in [2.05, 4.69) is 10.3 Å². The summed E-state index contributed by atoms with van der Waals surface area (Å²) in [4.78, 5) is 29.7. The number of nitrogens with zero attached hydrogens (tertiary/aromatic N) is 2. The van der Waals surface area contributed by atoms with Gasteiger partial charge in [-0.1, -0.05) is 12.1 Å². The highest BCUT2D eigenvalue weighted by atomic mass is 16.5. The molecular formula is C23H25N3O5. The number of hydrogen-bond donors (Lipinski definition) is 3. The molecule has 1 aliphatic carbocycles. The first kappa shape index (κ1) is 21.0. The Morgan fingerprint density at radius 3 is 2.84 bits per heavy atom. The Labute approximate surface area is 179 Å². The van der Waals surface area contributed by atoms with E-state index in [9.17, 15) is 14.7 Å². The summed E-state index contributed by atoms with van der Waals surface area (Å²) in [5.41, 5.74) is 0.300. The van der Waals surface area contributed by atoms with E-state index in [1.807, 2.05) is 6.07 Å². The number of carbonyl (C=O) groups is 1. The smallest absolute Gasteiger partial charge is 0.261 e. The Balaban J connectivity index is 1.56. The van der Waals surface area contributed by atoms with E-state index in [1.165, 1.54) is 17.8 Å². The number of nitrogens with one attached hydrogen (secondary N) is 1. The molecule has 2 aromatic carbocycles. The predicted octanol–water partition coefficient (Wildman–Crippen LogP) is 1.46. The molecule has 3 aromatic rings. The number of aliphatic hydroxyl groups is 2. The molecule has 162 valence electrons.